The molecule has 0 spiro atoms. The van der Waals surface area contributed by atoms with Gasteiger partial charge in [0.05, 0.1) is 11.6 Å². The largest absolute Gasteiger partial charge is 0.478 e. The van der Waals surface area contributed by atoms with Crippen LogP contribution in [-0.4, -0.2) is 22.2 Å². The number of aromatic carboxylic acids is 1. The molecule has 5 heteroatoms. The number of carbonyl (C=O) groups excluding carboxylic acids is 1. The van der Waals surface area contributed by atoms with Gasteiger partial charge in [-0.2, -0.15) is 0 Å². The Bertz CT molecular complexity index is 444. The fraction of sp³-hybridized carbons (Fsp3) is 0.200. The molecule has 4 nitrogen and oxygen atoms in total. The Morgan fingerprint density at radius 2 is 2.27 bits per heavy atom. The molecule has 1 aromatic carbocycles. The van der Waals surface area contributed by atoms with Gasteiger partial charge in [-0.1, -0.05) is 0 Å². The van der Waals surface area contributed by atoms with E-state index in [1.54, 1.807) is 19.1 Å². The number of hydrogen-bond donors (Lipinski definition) is 2. The molecule has 15 heavy (non-hydrogen) atoms. The minimum absolute atomic E-state index is 0.0468. The topological polar surface area (TPSA) is 66.4 Å². The number of anilines is 1. The summed E-state index contributed by atoms with van der Waals surface area (Å²) in [5.74, 6) is -0.964. The van der Waals surface area contributed by atoms with E-state index in [1.165, 1.54) is 6.07 Å². The lowest BCUT2D eigenvalue weighted by molar-refractivity contribution is -0.111. The van der Waals surface area contributed by atoms with Crippen LogP contribution in [0.3, 0.4) is 0 Å². The van der Waals surface area contributed by atoms with Gasteiger partial charge in [-0.05, 0) is 36.9 Å². The SMILES string of the molecule is CC1Nc2cc(C(=O)O)ccc2SC1=O. The Kier molecular flexibility index (Phi) is 2.40. The van der Waals surface area contributed by atoms with E-state index in [-0.39, 0.29) is 16.7 Å². The molecule has 1 unspecified atom stereocenters. The maximum atomic E-state index is 11.4. The molecule has 0 aliphatic carbocycles. The summed E-state index contributed by atoms with van der Waals surface area (Å²) in [7, 11) is 0. The zero-order chi connectivity index (χ0) is 11.0. The monoisotopic (exact) mass is 223 g/mol. The summed E-state index contributed by atoms with van der Waals surface area (Å²) in [6, 6.07) is 4.43. The highest BCUT2D eigenvalue weighted by Crippen LogP contribution is 2.34. The van der Waals surface area contributed by atoms with Crippen LogP contribution in [0.4, 0.5) is 5.69 Å². The second-order valence-corrected chi connectivity index (χ2v) is 4.35. The highest BCUT2D eigenvalue weighted by molar-refractivity contribution is 8.14. The number of thioether (sulfide) groups is 1. The zero-order valence-electron chi connectivity index (χ0n) is 7.98. The van der Waals surface area contributed by atoms with Crippen molar-refractivity contribution in [1.82, 2.24) is 0 Å². The van der Waals surface area contributed by atoms with Crippen molar-refractivity contribution in [2.24, 2.45) is 0 Å². The van der Waals surface area contributed by atoms with E-state index in [0.717, 1.165) is 16.7 Å². The third-order valence-electron chi connectivity index (χ3n) is 2.16. The third kappa shape index (κ3) is 1.83. The van der Waals surface area contributed by atoms with Gasteiger partial charge in [0, 0.05) is 10.6 Å². The predicted molar refractivity (Wildman–Crippen MR) is 57.4 cm³/mol. The van der Waals surface area contributed by atoms with E-state index in [1.807, 2.05) is 0 Å². The van der Waals surface area contributed by atoms with Crippen molar-refractivity contribution >= 4 is 28.5 Å². The molecule has 1 aromatic rings. The lowest BCUT2D eigenvalue weighted by Gasteiger charge is -2.22. The van der Waals surface area contributed by atoms with Crippen LogP contribution in [0.1, 0.15) is 17.3 Å². The number of rotatable bonds is 1. The average molecular weight is 223 g/mol. The minimum atomic E-state index is -0.964. The Balaban J connectivity index is 2.41. The average Bonchev–Trinajstić information content (AvgIpc) is 2.19. The first-order valence-electron chi connectivity index (χ1n) is 4.43. The minimum Gasteiger partial charge on any atom is -0.478 e. The molecule has 1 aliphatic heterocycles. The third-order valence-corrected chi connectivity index (χ3v) is 3.29. The molecule has 0 fully saturated rings. The molecule has 1 heterocycles. The molecule has 0 aromatic heterocycles. The quantitative estimate of drug-likeness (QED) is 0.760. The summed E-state index contributed by atoms with van der Waals surface area (Å²) < 4.78 is 0. The van der Waals surface area contributed by atoms with Crippen LogP contribution in [0.15, 0.2) is 23.1 Å². The number of carboxylic acids is 1. The molecule has 78 valence electrons. The van der Waals surface area contributed by atoms with Crippen molar-refractivity contribution in [2.45, 2.75) is 17.9 Å². The molecular formula is C10H9NO3S. The Morgan fingerprint density at radius 3 is 2.93 bits per heavy atom. The molecular weight excluding hydrogens is 214 g/mol. The van der Waals surface area contributed by atoms with Crippen LogP contribution in [0, 0.1) is 0 Å². The van der Waals surface area contributed by atoms with Crippen molar-refractivity contribution < 1.29 is 14.7 Å². The Labute approximate surface area is 90.7 Å². The second kappa shape index (κ2) is 3.58. The van der Waals surface area contributed by atoms with Crippen LogP contribution >= 0.6 is 11.8 Å². The van der Waals surface area contributed by atoms with Crippen LogP contribution < -0.4 is 5.32 Å². The molecule has 0 saturated carbocycles. The van der Waals surface area contributed by atoms with E-state index in [2.05, 4.69) is 5.32 Å². The van der Waals surface area contributed by atoms with E-state index in [4.69, 9.17) is 5.11 Å². The lowest BCUT2D eigenvalue weighted by atomic mass is 10.2. The Hall–Kier alpha value is -1.49. The van der Waals surface area contributed by atoms with Gasteiger partial charge in [-0.3, -0.25) is 4.79 Å². The standard InChI is InChI=1S/C10H9NO3S/c1-5-10(14)15-8-3-2-6(9(12)13)4-7(8)11-5/h2-5,11H,1H3,(H,12,13). The molecule has 0 saturated heterocycles. The van der Waals surface area contributed by atoms with Gasteiger partial charge < -0.3 is 10.4 Å². The molecule has 0 radical (unpaired) electrons. The van der Waals surface area contributed by atoms with Gasteiger partial charge in [-0.15, -0.1) is 0 Å². The summed E-state index contributed by atoms with van der Waals surface area (Å²) in [6.45, 7) is 1.76. The Morgan fingerprint density at radius 1 is 1.53 bits per heavy atom. The molecule has 2 N–H and O–H groups in total. The summed E-state index contributed by atoms with van der Waals surface area (Å²) >= 11 is 1.15. The molecule has 1 aliphatic rings. The molecule has 0 bridgehead atoms. The first kappa shape index (κ1) is 10.0. The van der Waals surface area contributed by atoms with Gasteiger partial charge in [-0.25, -0.2) is 4.79 Å². The number of nitrogens with one attached hydrogen (secondary N) is 1. The maximum Gasteiger partial charge on any atom is 0.335 e. The smallest absolute Gasteiger partial charge is 0.335 e. The van der Waals surface area contributed by atoms with E-state index < -0.39 is 5.97 Å². The number of hydrogen-bond acceptors (Lipinski definition) is 4. The van der Waals surface area contributed by atoms with Crippen LogP contribution in [0.2, 0.25) is 0 Å². The number of carbonyl (C=O) groups is 2. The van der Waals surface area contributed by atoms with E-state index in [0.29, 0.717) is 5.69 Å². The maximum absolute atomic E-state index is 11.4. The van der Waals surface area contributed by atoms with Crippen LogP contribution in [0.25, 0.3) is 0 Å². The van der Waals surface area contributed by atoms with Gasteiger partial charge in [0.1, 0.15) is 0 Å². The van der Waals surface area contributed by atoms with Gasteiger partial charge in [0.25, 0.3) is 0 Å². The number of fused-ring (bicyclic) bond motifs is 1. The molecule has 2 rings (SSSR count). The van der Waals surface area contributed by atoms with Crippen LogP contribution in [0.5, 0.6) is 0 Å². The first-order chi connectivity index (χ1) is 7.08. The van der Waals surface area contributed by atoms with Gasteiger partial charge >= 0.3 is 5.97 Å². The van der Waals surface area contributed by atoms with Crippen molar-refractivity contribution in [1.29, 1.82) is 0 Å². The van der Waals surface area contributed by atoms with Crippen molar-refractivity contribution in [3.05, 3.63) is 23.8 Å². The highest BCUT2D eigenvalue weighted by Gasteiger charge is 2.23. The fourth-order valence-corrected chi connectivity index (χ4v) is 2.17. The van der Waals surface area contributed by atoms with Crippen molar-refractivity contribution in [3.8, 4) is 0 Å². The van der Waals surface area contributed by atoms with Crippen molar-refractivity contribution in [3.63, 3.8) is 0 Å². The fourth-order valence-electron chi connectivity index (χ4n) is 1.35. The van der Waals surface area contributed by atoms with E-state index in [9.17, 15) is 9.59 Å². The lowest BCUT2D eigenvalue weighted by Crippen LogP contribution is -2.27. The van der Waals surface area contributed by atoms with Crippen LogP contribution in [-0.2, 0) is 4.79 Å². The second-order valence-electron chi connectivity index (χ2n) is 3.30. The van der Waals surface area contributed by atoms with Crippen molar-refractivity contribution in [2.75, 3.05) is 5.32 Å². The molecule has 0 amide bonds. The van der Waals surface area contributed by atoms with E-state index >= 15 is 0 Å². The summed E-state index contributed by atoms with van der Waals surface area (Å²) in [6.07, 6.45) is 0. The summed E-state index contributed by atoms with van der Waals surface area (Å²) in [5.41, 5.74) is 0.940. The van der Waals surface area contributed by atoms with Gasteiger partial charge in [0.15, 0.2) is 0 Å². The first-order valence-corrected chi connectivity index (χ1v) is 5.25. The highest BCUT2D eigenvalue weighted by atomic mass is 32.2. The normalized spacial score (nSPS) is 19.3. The summed E-state index contributed by atoms with van der Waals surface area (Å²) in [5, 5.41) is 11.8. The van der Waals surface area contributed by atoms with Gasteiger partial charge in [0.2, 0.25) is 5.12 Å². The molecule has 1 atom stereocenters. The number of carboxylic acid groups (broad SMARTS) is 1. The summed E-state index contributed by atoms with van der Waals surface area (Å²) in [4.78, 5) is 22.9. The predicted octanol–water partition coefficient (Wildman–Crippen LogP) is 1.82. The number of benzene rings is 1. The zero-order valence-corrected chi connectivity index (χ0v) is 8.80.